The first-order chi connectivity index (χ1) is 6.98. The van der Waals surface area contributed by atoms with Crippen LogP contribution in [0.5, 0.6) is 0 Å². The molecule has 2 aliphatic rings. The molecule has 0 aromatic carbocycles. The number of carboxylic acid groups (broad SMARTS) is 1. The molecule has 0 radical (unpaired) electrons. The minimum Gasteiger partial charge on any atom is -0.465 e. The molecule has 1 saturated carbocycles. The highest BCUT2D eigenvalue weighted by Crippen LogP contribution is 2.44. The highest BCUT2D eigenvalue weighted by Gasteiger charge is 2.54. The van der Waals surface area contributed by atoms with Crippen molar-refractivity contribution in [2.75, 3.05) is 6.61 Å². The summed E-state index contributed by atoms with van der Waals surface area (Å²) in [4.78, 5) is 12.9. The standard InChI is InChI=1S/C11H19NO3/c1-10(2)8-15-11(12(10)9(13)14)6-4-3-5-7-11/h3-8H2,1-2H3,(H,13,14). The fourth-order valence-corrected chi connectivity index (χ4v) is 2.90. The van der Waals surface area contributed by atoms with Crippen LogP contribution in [0.4, 0.5) is 4.79 Å². The Kier molecular flexibility index (Phi) is 2.41. The number of carbonyl (C=O) groups is 1. The molecule has 4 heteroatoms. The third-order valence-corrected chi connectivity index (χ3v) is 3.53. The van der Waals surface area contributed by atoms with E-state index in [4.69, 9.17) is 4.74 Å². The molecule has 0 bridgehead atoms. The van der Waals surface area contributed by atoms with Gasteiger partial charge in [0.05, 0.1) is 12.1 Å². The van der Waals surface area contributed by atoms with Crippen molar-refractivity contribution in [2.24, 2.45) is 0 Å². The smallest absolute Gasteiger partial charge is 0.410 e. The molecule has 4 nitrogen and oxygen atoms in total. The molecule has 86 valence electrons. The van der Waals surface area contributed by atoms with Crippen LogP contribution in [0.2, 0.25) is 0 Å². The van der Waals surface area contributed by atoms with Crippen molar-refractivity contribution in [2.45, 2.75) is 57.2 Å². The lowest BCUT2D eigenvalue weighted by atomic mass is 9.89. The summed E-state index contributed by atoms with van der Waals surface area (Å²) >= 11 is 0. The van der Waals surface area contributed by atoms with E-state index in [0.717, 1.165) is 25.7 Å². The van der Waals surface area contributed by atoms with Crippen LogP contribution in [0.15, 0.2) is 0 Å². The Morgan fingerprint density at radius 2 is 1.87 bits per heavy atom. The molecule has 1 aliphatic heterocycles. The molecule has 1 N–H and O–H groups in total. The highest BCUT2D eigenvalue weighted by atomic mass is 16.5. The van der Waals surface area contributed by atoms with Gasteiger partial charge in [-0.3, -0.25) is 4.90 Å². The summed E-state index contributed by atoms with van der Waals surface area (Å²) in [6, 6.07) is 0. The Morgan fingerprint density at radius 1 is 1.27 bits per heavy atom. The summed E-state index contributed by atoms with van der Waals surface area (Å²) < 4.78 is 5.82. The van der Waals surface area contributed by atoms with E-state index >= 15 is 0 Å². The van der Waals surface area contributed by atoms with Crippen LogP contribution in [0.25, 0.3) is 0 Å². The van der Waals surface area contributed by atoms with E-state index in [9.17, 15) is 9.90 Å². The maximum atomic E-state index is 11.3. The quantitative estimate of drug-likeness (QED) is 0.672. The predicted molar refractivity (Wildman–Crippen MR) is 55.7 cm³/mol. The zero-order chi connectivity index (χ0) is 11.1. The topological polar surface area (TPSA) is 49.8 Å². The van der Waals surface area contributed by atoms with E-state index in [-0.39, 0.29) is 5.54 Å². The van der Waals surface area contributed by atoms with E-state index in [1.165, 1.54) is 6.42 Å². The molecular weight excluding hydrogens is 194 g/mol. The second-order valence-electron chi connectivity index (χ2n) is 5.23. The fourth-order valence-electron chi connectivity index (χ4n) is 2.90. The van der Waals surface area contributed by atoms with Crippen LogP contribution in [-0.4, -0.2) is 34.0 Å². The number of rotatable bonds is 0. The zero-order valence-electron chi connectivity index (χ0n) is 9.45. The minimum atomic E-state index is -0.848. The number of nitrogens with zero attached hydrogens (tertiary/aromatic N) is 1. The summed E-state index contributed by atoms with van der Waals surface area (Å²) in [5, 5.41) is 9.31. The number of amides is 1. The van der Waals surface area contributed by atoms with Crippen LogP contribution in [-0.2, 0) is 4.74 Å². The first kappa shape index (κ1) is 10.7. The Morgan fingerprint density at radius 3 is 2.40 bits per heavy atom. The lowest BCUT2D eigenvalue weighted by molar-refractivity contribution is -0.0997. The Bertz CT molecular complexity index is 269. The highest BCUT2D eigenvalue weighted by molar-refractivity contribution is 5.67. The first-order valence-corrected chi connectivity index (χ1v) is 5.65. The Balaban J connectivity index is 2.28. The van der Waals surface area contributed by atoms with Crippen LogP contribution in [0.3, 0.4) is 0 Å². The van der Waals surface area contributed by atoms with Gasteiger partial charge in [-0.2, -0.15) is 0 Å². The minimum absolute atomic E-state index is 0.386. The van der Waals surface area contributed by atoms with Gasteiger partial charge in [0.15, 0.2) is 0 Å². The van der Waals surface area contributed by atoms with E-state index in [2.05, 4.69) is 0 Å². The fraction of sp³-hybridized carbons (Fsp3) is 0.909. The van der Waals surface area contributed by atoms with E-state index in [0.29, 0.717) is 6.61 Å². The summed E-state index contributed by atoms with van der Waals surface area (Å²) in [6.07, 6.45) is 4.18. The van der Waals surface area contributed by atoms with Gasteiger partial charge >= 0.3 is 6.09 Å². The molecule has 0 unspecified atom stereocenters. The molecule has 2 rings (SSSR count). The number of ether oxygens (including phenoxy) is 1. The largest absolute Gasteiger partial charge is 0.465 e. The van der Waals surface area contributed by atoms with Crippen molar-refractivity contribution in [1.82, 2.24) is 4.90 Å². The van der Waals surface area contributed by atoms with E-state index < -0.39 is 11.8 Å². The predicted octanol–water partition coefficient (Wildman–Crippen LogP) is 2.44. The van der Waals surface area contributed by atoms with Crippen LogP contribution in [0, 0.1) is 0 Å². The normalized spacial score (nSPS) is 28.3. The Hall–Kier alpha value is -0.770. The molecule has 0 aromatic rings. The van der Waals surface area contributed by atoms with Crippen molar-refractivity contribution in [3.05, 3.63) is 0 Å². The average molecular weight is 213 g/mol. The molecule has 0 aromatic heterocycles. The molecule has 1 heterocycles. The van der Waals surface area contributed by atoms with Crippen molar-refractivity contribution in [1.29, 1.82) is 0 Å². The molecule has 0 atom stereocenters. The van der Waals surface area contributed by atoms with Gasteiger partial charge in [-0.05, 0) is 39.5 Å². The van der Waals surface area contributed by atoms with Gasteiger partial charge in [-0.15, -0.1) is 0 Å². The molecule has 1 amide bonds. The Labute approximate surface area is 90.2 Å². The maximum absolute atomic E-state index is 11.3. The summed E-state index contributed by atoms with van der Waals surface area (Å²) in [7, 11) is 0. The summed E-state index contributed by atoms with van der Waals surface area (Å²) in [6.45, 7) is 4.38. The van der Waals surface area contributed by atoms with Gasteiger partial charge in [0.2, 0.25) is 0 Å². The van der Waals surface area contributed by atoms with Gasteiger partial charge in [0.1, 0.15) is 5.72 Å². The van der Waals surface area contributed by atoms with Gasteiger partial charge < -0.3 is 9.84 Å². The lowest BCUT2D eigenvalue weighted by Gasteiger charge is -2.42. The summed E-state index contributed by atoms with van der Waals surface area (Å²) in [5.74, 6) is 0. The van der Waals surface area contributed by atoms with E-state index in [1.54, 1.807) is 4.90 Å². The molecule has 1 aliphatic carbocycles. The molecule has 1 saturated heterocycles. The summed E-state index contributed by atoms with van der Waals surface area (Å²) in [5.41, 5.74) is -0.906. The zero-order valence-corrected chi connectivity index (χ0v) is 9.45. The number of hydrogen-bond acceptors (Lipinski definition) is 2. The van der Waals surface area contributed by atoms with Crippen molar-refractivity contribution in [3.63, 3.8) is 0 Å². The van der Waals surface area contributed by atoms with Crippen molar-refractivity contribution in [3.8, 4) is 0 Å². The molecule has 1 spiro atoms. The third-order valence-electron chi connectivity index (χ3n) is 3.53. The maximum Gasteiger partial charge on any atom is 0.410 e. The molecule has 15 heavy (non-hydrogen) atoms. The molecule has 2 fully saturated rings. The van der Waals surface area contributed by atoms with Gasteiger partial charge in [-0.1, -0.05) is 6.42 Å². The third kappa shape index (κ3) is 1.61. The van der Waals surface area contributed by atoms with Crippen LogP contribution in [0.1, 0.15) is 46.0 Å². The monoisotopic (exact) mass is 213 g/mol. The molecular formula is C11H19NO3. The van der Waals surface area contributed by atoms with Crippen LogP contribution >= 0.6 is 0 Å². The van der Waals surface area contributed by atoms with Crippen molar-refractivity contribution >= 4 is 6.09 Å². The first-order valence-electron chi connectivity index (χ1n) is 5.65. The number of hydrogen-bond donors (Lipinski definition) is 1. The average Bonchev–Trinajstić information content (AvgIpc) is 2.39. The van der Waals surface area contributed by atoms with E-state index in [1.807, 2.05) is 13.8 Å². The van der Waals surface area contributed by atoms with Gasteiger partial charge in [-0.25, -0.2) is 4.79 Å². The second-order valence-corrected chi connectivity index (χ2v) is 5.23. The SMILES string of the molecule is CC1(C)COC2(CCCCC2)N1C(=O)O. The van der Waals surface area contributed by atoms with Crippen LogP contribution < -0.4 is 0 Å². The van der Waals surface area contributed by atoms with Gasteiger partial charge in [0.25, 0.3) is 0 Å². The lowest BCUT2D eigenvalue weighted by Crippen LogP contribution is -2.55. The second kappa shape index (κ2) is 3.37. The van der Waals surface area contributed by atoms with Gasteiger partial charge in [0, 0.05) is 0 Å². The van der Waals surface area contributed by atoms with Crippen molar-refractivity contribution < 1.29 is 14.6 Å².